The first-order valence-corrected chi connectivity index (χ1v) is 15.5. The SMILES string of the molecule is O=CC12CCCN(S(=O)(=O)c3ccc([N+](=O)[O-])cc3)CCC[C@@]13C(=O)C[C@H](COCc1ccccc1)C[C@H]3CC2=O. The van der Waals surface area contributed by atoms with Crippen molar-refractivity contribution in [3.8, 4) is 0 Å². The van der Waals surface area contributed by atoms with Crippen LogP contribution in [0.5, 0.6) is 0 Å². The van der Waals surface area contributed by atoms with Gasteiger partial charge in [-0.05, 0) is 61.6 Å². The summed E-state index contributed by atoms with van der Waals surface area (Å²) < 4.78 is 34.1. The molecule has 218 valence electrons. The van der Waals surface area contributed by atoms with Crippen LogP contribution >= 0.6 is 0 Å². The van der Waals surface area contributed by atoms with E-state index in [9.17, 15) is 32.9 Å². The molecule has 0 amide bonds. The van der Waals surface area contributed by atoms with Crippen LogP contribution in [0.3, 0.4) is 0 Å². The van der Waals surface area contributed by atoms with Gasteiger partial charge in [0.05, 0.1) is 33.9 Å². The number of hydrogen-bond acceptors (Lipinski definition) is 8. The molecule has 10 nitrogen and oxygen atoms in total. The van der Waals surface area contributed by atoms with E-state index >= 15 is 0 Å². The van der Waals surface area contributed by atoms with Crippen molar-refractivity contribution in [2.45, 2.75) is 56.4 Å². The summed E-state index contributed by atoms with van der Waals surface area (Å²) in [6.45, 7) is 1.01. The fraction of sp³-hybridized carbons (Fsp3) is 0.500. The van der Waals surface area contributed by atoms with E-state index < -0.39 is 25.8 Å². The third kappa shape index (κ3) is 5.15. The molecule has 1 aliphatic heterocycles. The maximum absolute atomic E-state index is 14.0. The molecule has 2 aromatic carbocycles. The minimum Gasteiger partial charge on any atom is -0.376 e. The molecule has 1 spiro atoms. The van der Waals surface area contributed by atoms with E-state index in [1.807, 2.05) is 30.3 Å². The van der Waals surface area contributed by atoms with E-state index in [-0.39, 0.29) is 79.2 Å². The molecule has 2 saturated carbocycles. The quantitative estimate of drug-likeness (QED) is 0.196. The van der Waals surface area contributed by atoms with Crippen molar-refractivity contribution in [3.05, 3.63) is 70.3 Å². The number of carbonyl (C=O) groups excluding carboxylic acids is 3. The number of hydrogen-bond donors (Lipinski definition) is 0. The number of non-ortho nitro benzene ring substituents is 1. The second-order valence-electron chi connectivity index (χ2n) is 11.5. The zero-order valence-electron chi connectivity index (χ0n) is 22.8. The Bertz CT molecular complexity index is 1430. The minimum absolute atomic E-state index is 0.0521. The smallest absolute Gasteiger partial charge is 0.269 e. The number of nitrogens with zero attached hydrogens (tertiary/aromatic N) is 2. The third-order valence-corrected chi connectivity index (χ3v) is 11.2. The van der Waals surface area contributed by atoms with Crippen LogP contribution in [-0.4, -0.2) is 55.2 Å². The number of benzene rings is 2. The van der Waals surface area contributed by atoms with E-state index in [1.54, 1.807) is 0 Å². The van der Waals surface area contributed by atoms with Gasteiger partial charge in [-0.3, -0.25) is 19.7 Å². The number of ether oxygens (including phenoxy) is 1. The summed E-state index contributed by atoms with van der Waals surface area (Å²) in [5.41, 5.74) is -1.75. The molecule has 5 rings (SSSR count). The molecule has 1 heterocycles. The number of nitro groups is 1. The van der Waals surface area contributed by atoms with Crippen LogP contribution in [0.2, 0.25) is 0 Å². The fourth-order valence-electron chi connectivity index (χ4n) is 7.40. The third-order valence-electron chi connectivity index (χ3n) is 9.32. The van der Waals surface area contributed by atoms with Crippen LogP contribution in [0, 0.1) is 32.8 Å². The zero-order chi connectivity index (χ0) is 29.3. The van der Waals surface area contributed by atoms with Crippen LogP contribution in [0.4, 0.5) is 5.69 Å². The van der Waals surface area contributed by atoms with E-state index in [4.69, 9.17) is 4.74 Å². The molecular weight excluding hydrogens is 548 g/mol. The van der Waals surface area contributed by atoms with Gasteiger partial charge in [0.15, 0.2) is 0 Å². The first kappa shape index (κ1) is 29.2. The van der Waals surface area contributed by atoms with Gasteiger partial charge in [-0.1, -0.05) is 30.3 Å². The van der Waals surface area contributed by atoms with E-state index in [0.717, 1.165) is 17.7 Å². The summed E-state index contributed by atoms with van der Waals surface area (Å²) in [5, 5.41) is 11.0. The largest absolute Gasteiger partial charge is 0.376 e. The number of Topliss-reactive ketones (excluding diaryl/α,β-unsaturated/α-hetero) is 2. The van der Waals surface area contributed by atoms with Gasteiger partial charge in [-0.15, -0.1) is 0 Å². The summed E-state index contributed by atoms with van der Waals surface area (Å²) in [5.74, 6) is -0.650. The van der Waals surface area contributed by atoms with Crippen LogP contribution in [0.15, 0.2) is 59.5 Å². The van der Waals surface area contributed by atoms with Gasteiger partial charge < -0.3 is 9.53 Å². The van der Waals surface area contributed by atoms with Gasteiger partial charge in [-0.25, -0.2) is 8.42 Å². The molecule has 0 bridgehead atoms. The van der Waals surface area contributed by atoms with Crippen molar-refractivity contribution in [2.75, 3.05) is 19.7 Å². The average Bonchev–Trinajstić information content (AvgIpc) is 3.24. The molecule has 41 heavy (non-hydrogen) atoms. The number of aldehydes is 1. The monoisotopic (exact) mass is 582 g/mol. The topological polar surface area (TPSA) is 141 Å². The van der Waals surface area contributed by atoms with Crippen molar-refractivity contribution < 1.29 is 32.5 Å². The summed E-state index contributed by atoms with van der Waals surface area (Å²) in [7, 11) is -3.98. The van der Waals surface area contributed by atoms with Crippen molar-refractivity contribution in [3.63, 3.8) is 0 Å². The van der Waals surface area contributed by atoms with Gasteiger partial charge >= 0.3 is 0 Å². The van der Waals surface area contributed by atoms with Crippen molar-refractivity contribution in [1.29, 1.82) is 0 Å². The lowest BCUT2D eigenvalue weighted by molar-refractivity contribution is -0.384. The van der Waals surface area contributed by atoms with E-state index in [0.29, 0.717) is 32.3 Å². The van der Waals surface area contributed by atoms with Gasteiger partial charge in [0, 0.05) is 38.1 Å². The van der Waals surface area contributed by atoms with Crippen molar-refractivity contribution in [2.24, 2.45) is 22.7 Å². The molecule has 1 unspecified atom stereocenters. The molecule has 0 radical (unpaired) electrons. The average molecular weight is 583 g/mol. The van der Waals surface area contributed by atoms with E-state index in [1.165, 1.54) is 16.4 Å². The lowest BCUT2D eigenvalue weighted by Crippen LogP contribution is -2.54. The molecule has 0 aromatic heterocycles. The molecule has 0 N–H and O–H groups in total. The van der Waals surface area contributed by atoms with Crippen LogP contribution < -0.4 is 0 Å². The lowest BCUT2D eigenvalue weighted by atomic mass is 9.52. The highest BCUT2D eigenvalue weighted by molar-refractivity contribution is 7.89. The molecule has 1 saturated heterocycles. The Kier molecular flexibility index (Phi) is 8.22. The first-order valence-electron chi connectivity index (χ1n) is 14.0. The summed E-state index contributed by atoms with van der Waals surface area (Å²) >= 11 is 0. The van der Waals surface area contributed by atoms with Gasteiger partial charge in [0.2, 0.25) is 10.0 Å². The molecular formula is C30H34N2O8S. The van der Waals surface area contributed by atoms with Crippen LogP contribution in [0.25, 0.3) is 0 Å². The second-order valence-corrected chi connectivity index (χ2v) is 13.4. The second kappa shape index (κ2) is 11.5. The Hall–Kier alpha value is -3.28. The Balaban J connectivity index is 1.34. The molecule has 2 aromatic rings. The Morgan fingerprint density at radius 1 is 0.976 bits per heavy atom. The van der Waals surface area contributed by atoms with Crippen LogP contribution in [0.1, 0.15) is 50.5 Å². The number of carbonyl (C=O) groups is 3. The Labute approximate surface area is 239 Å². The Morgan fingerprint density at radius 3 is 2.32 bits per heavy atom. The lowest BCUT2D eigenvalue weighted by Gasteiger charge is -2.48. The Morgan fingerprint density at radius 2 is 1.66 bits per heavy atom. The normalized spacial score (nSPS) is 29.1. The number of sulfonamides is 1. The number of ketones is 2. The first-order chi connectivity index (χ1) is 19.6. The molecule has 3 fully saturated rings. The minimum atomic E-state index is -3.98. The van der Waals surface area contributed by atoms with Crippen molar-refractivity contribution in [1.82, 2.24) is 4.31 Å². The highest BCUT2D eigenvalue weighted by Gasteiger charge is 2.69. The standard InChI is InChI=1S/C30H34N2O8S/c33-21-29-12-4-14-31(41(38,39)26-10-8-25(9-11-26)32(36)37)15-5-13-30(29)24(18-27(29)34)16-23(17-28(30)35)20-40-19-22-6-2-1-3-7-22/h1-3,6-11,21,23-24H,4-5,12-20H2/t23-,24+,29?,30-/m1/s1. The molecule has 3 aliphatic rings. The maximum Gasteiger partial charge on any atom is 0.269 e. The van der Waals surface area contributed by atoms with E-state index in [2.05, 4.69) is 0 Å². The number of rotatable bonds is 8. The highest BCUT2D eigenvalue weighted by Crippen LogP contribution is 2.63. The molecule has 2 aliphatic carbocycles. The summed E-state index contributed by atoms with van der Waals surface area (Å²) in [4.78, 5) is 50.6. The van der Waals surface area contributed by atoms with Crippen LogP contribution in [-0.2, 0) is 35.8 Å². The molecule has 4 atom stereocenters. The van der Waals surface area contributed by atoms with Crippen molar-refractivity contribution >= 4 is 33.6 Å². The summed E-state index contributed by atoms with van der Waals surface area (Å²) in [6, 6.07) is 14.5. The predicted molar refractivity (Wildman–Crippen MR) is 148 cm³/mol. The predicted octanol–water partition coefficient (Wildman–Crippen LogP) is 4.12. The molecule has 11 heteroatoms. The highest BCUT2D eigenvalue weighted by atomic mass is 32.2. The van der Waals surface area contributed by atoms with Gasteiger partial charge in [0.25, 0.3) is 5.69 Å². The fourth-order valence-corrected chi connectivity index (χ4v) is 8.91. The zero-order valence-corrected chi connectivity index (χ0v) is 23.6. The number of nitro benzene ring substituents is 1. The maximum atomic E-state index is 14.0. The van der Waals surface area contributed by atoms with Gasteiger partial charge in [0.1, 0.15) is 17.9 Å². The summed E-state index contributed by atoms with van der Waals surface area (Å²) in [6.07, 6.45) is 2.59. The van der Waals surface area contributed by atoms with Gasteiger partial charge in [-0.2, -0.15) is 4.31 Å².